The number of ether oxygens (including phenoxy) is 1. The molecular formula is C6H6F7O. The highest BCUT2D eigenvalue weighted by Crippen LogP contribution is 2.47. The van der Waals surface area contributed by atoms with E-state index in [2.05, 4.69) is 4.74 Å². The maximum absolute atomic E-state index is 12.5. The first-order valence-corrected chi connectivity index (χ1v) is 3.38. The van der Waals surface area contributed by atoms with Gasteiger partial charge in [-0.3, -0.25) is 0 Å². The molecule has 0 N–H and O–H groups in total. The number of rotatable bonds is 3. The smallest absolute Gasteiger partial charge is 0.326 e. The molecule has 0 atom stereocenters. The van der Waals surface area contributed by atoms with E-state index in [9.17, 15) is 30.7 Å². The molecule has 1 radical (unpaired) electrons. The van der Waals surface area contributed by atoms with Crippen LogP contribution in [0, 0.1) is 6.61 Å². The summed E-state index contributed by atoms with van der Waals surface area (Å²) in [5, 5.41) is 0. The summed E-state index contributed by atoms with van der Waals surface area (Å²) in [5.74, 6) is -5.63. The van der Waals surface area contributed by atoms with Gasteiger partial charge in [0.1, 0.15) is 0 Å². The molecule has 0 heterocycles. The van der Waals surface area contributed by atoms with Gasteiger partial charge in [0.05, 0.1) is 6.61 Å². The van der Waals surface area contributed by atoms with E-state index in [0.29, 0.717) is 0 Å². The van der Waals surface area contributed by atoms with E-state index >= 15 is 0 Å². The predicted octanol–water partition coefficient (Wildman–Crippen LogP) is 3.37. The zero-order valence-corrected chi connectivity index (χ0v) is 6.84. The van der Waals surface area contributed by atoms with Crippen LogP contribution in [0.25, 0.3) is 0 Å². The Morgan fingerprint density at radius 3 is 1.50 bits per heavy atom. The fourth-order valence-electron chi connectivity index (χ4n) is 0.493. The molecule has 0 aliphatic carbocycles. The average molecular weight is 227 g/mol. The van der Waals surface area contributed by atoms with Gasteiger partial charge in [-0.2, -0.15) is 30.7 Å². The molecule has 1 nitrogen and oxygen atoms in total. The number of hydrogen-bond donors (Lipinski definition) is 0. The van der Waals surface area contributed by atoms with E-state index < -0.39 is 18.2 Å². The Morgan fingerprint density at radius 2 is 1.29 bits per heavy atom. The molecule has 0 aromatic rings. The van der Waals surface area contributed by atoms with Crippen LogP contribution in [-0.4, -0.2) is 18.2 Å². The molecule has 0 aliphatic rings. The minimum absolute atomic E-state index is 0.112. The summed E-state index contributed by atoms with van der Waals surface area (Å²) in [6, 6.07) is 0. The molecule has 0 saturated carbocycles. The van der Waals surface area contributed by atoms with Crippen LogP contribution in [-0.2, 0) is 4.74 Å². The lowest BCUT2D eigenvalue weighted by Gasteiger charge is -2.29. The van der Waals surface area contributed by atoms with Gasteiger partial charge in [-0.15, -0.1) is 0 Å². The summed E-state index contributed by atoms with van der Waals surface area (Å²) in [6.07, 6.45) is -12.6. The van der Waals surface area contributed by atoms with Gasteiger partial charge < -0.3 is 4.74 Å². The number of halogens is 7. The third kappa shape index (κ3) is 2.49. The Kier molecular flexibility index (Phi) is 3.77. The maximum atomic E-state index is 12.5. The van der Waals surface area contributed by atoms with E-state index in [1.807, 2.05) is 0 Å². The molecule has 85 valence electrons. The molecule has 0 fully saturated rings. The lowest BCUT2D eigenvalue weighted by atomic mass is 10.3. The molecule has 0 aliphatic heterocycles. The van der Waals surface area contributed by atoms with Crippen LogP contribution in [0.5, 0.6) is 0 Å². The largest absolute Gasteiger partial charge is 0.458 e. The first-order valence-electron chi connectivity index (χ1n) is 3.38. The molecule has 0 aromatic heterocycles. The highest BCUT2D eigenvalue weighted by molar-refractivity contribution is 4.86. The first-order chi connectivity index (χ1) is 6.06. The van der Waals surface area contributed by atoms with Gasteiger partial charge in [0.15, 0.2) is 0 Å². The third-order valence-electron chi connectivity index (χ3n) is 1.14. The van der Waals surface area contributed by atoms with Gasteiger partial charge in [0.2, 0.25) is 0 Å². The highest BCUT2D eigenvalue weighted by Gasteiger charge is 2.74. The van der Waals surface area contributed by atoms with Crippen LogP contribution in [0.4, 0.5) is 30.7 Å². The van der Waals surface area contributed by atoms with E-state index in [1.165, 1.54) is 6.92 Å². The topological polar surface area (TPSA) is 9.23 Å². The predicted molar refractivity (Wildman–Crippen MR) is 31.6 cm³/mol. The van der Waals surface area contributed by atoms with Crippen LogP contribution in [0.3, 0.4) is 0 Å². The van der Waals surface area contributed by atoms with E-state index in [0.717, 1.165) is 0 Å². The molecule has 0 bridgehead atoms. The van der Waals surface area contributed by atoms with Gasteiger partial charge >= 0.3 is 18.2 Å². The van der Waals surface area contributed by atoms with E-state index in [1.54, 1.807) is 0 Å². The molecular weight excluding hydrogens is 221 g/mol. The summed E-state index contributed by atoms with van der Waals surface area (Å²) >= 11 is 0. The standard InChI is InChI=1S/C6H6F7O/c1-2-3-14-4(7,5(8,9)10)6(11,12)13/h3H,2H2,1H3. The third-order valence-corrected chi connectivity index (χ3v) is 1.14. The molecule has 14 heavy (non-hydrogen) atoms. The molecule has 8 heteroatoms. The zero-order valence-electron chi connectivity index (χ0n) is 6.84. The van der Waals surface area contributed by atoms with Crippen molar-refractivity contribution in [2.75, 3.05) is 0 Å². The number of hydrogen-bond acceptors (Lipinski definition) is 1. The van der Waals surface area contributed by atoms with Crippen molar-refractivity contribution in [3.8, 4) is 0 Å². The SMILES string of the molecule is CC[CH]OC(F)(C(F)(F)F)C(F)(F)F. The fraction of sp³-hybridized carbons (Fsp3) is 0.833. The second kappa shape index (κ2) is 3.92. The van der Waals surface area contributed by atoms with Crippen molar-refractivity contribution in [2.45, 2.75) is 31.6 Å². The van der Waals surface area contributed by atoms with Crippen LogP contribution in [0.1, 0.15) is 13.3 Å². The summed E-state index contributed by atoms with van der Waals surface area (Å²) in [7, 11) is 0. The van der Waals surface area contributed by atoms with Crippen LogP contribution >= 0.6 is 0 Å². The molecule has 0 unspecified atom stereocenters. The minimum Gasteiger partial charge on any atom is -0.326 e. The van der Waals surface area contributed by atoms with E-state index in [-0.39, 0.29) is 13.0 Å². The van der Waals surface area contributed by atoms with Gasteiger partial charge in [-0.1, -0.05) is 6.92 Å². The van der Waals surface area contributed by atoms with Crippen LogP contribution < -0.4 is 0 Å². The van der Waals surface area contributed by atoms with Crippen molar-refractivity contribution >= 4 is 0 Å². The Labute approximate surface area is 74.8 Å². The molecule has 0 spiro atoms. The lowest BCUT2D eigenvalue weighted by Crippen LogP contribution is -2.54. The molecule has 0 aromatic carbocycles. The van der Waals surface area contributed by atoms with E-state index in [4.69, 9.17) is 0 Å². The van der Waals surface area contributed by atoms with Crippen molar-refractivity contribution in [3.63, 3.8) is 0 Å². The zero-order chi connectivity index (χ0) is 11.6. The highest BCUT2D eigenvalue weighted by atomic mass is 19.4. The summed E-state index contributed by atoms with van der Waals surface area (Å²) in [5.41, 5.74) is 0. The van der Waals surface area contributed by atoms with Crippen molar-refractivity contribution in [1.29, 1.82) is 0 Å². The Bertz CT molecular complexity index is 168. The number of alkyl halides is 7. The second-order valence-corrected chi connectivity index (χ2v) is 2.28. The van der Waals surface area contributed by atoms with Crippen molar-refractivity contribution < 1.29 is 35.5 Å². The summed E-state index contributed by atoms with van der Waals surface area (Å²) in [4.78, 5) is 0. The average Bonchev–Trinajstić information content (AvgIpc) is 1.95. The van der Waals surface area contributed by atoms with Gasteiger partial charge in [0.25, 0.3) is 0 Å². The van der Waals surface area contributed by atoms with Crippen LogP contribution in [0.15, 0.2) is 0 Å². The normalized spacial score (nSPS) is 14.6. The first kappa shape index (κ1) is 13.5. The summed E-state index contributed by atoms with van der Waals surface area (Å²) < 4.78 is 85.7. The fourth-order valence-corrected chi connectivity index (χ4v) is 0.493. The van der Waals surface area contributed by atoms with Crippen molar-refractivity contribution in [1.82, 2.24) is 0 Å². The Hall–Kier alpha value is -0.530. The second-order valence-electron chi connectivity index (χ2n) is 2.28. The van der Waals surface area contributed by atoms with Crippen LogP contribution in [0.2, 0.25) is 0 Å². The van der Waals surface area contributed by atoms with Crippen molar-refractivity contribution in [3.05, 3.63) is 6.61 Å². The molecule has 0 rings (SSSR count). The van der Waals surface area contributed by atoms with Gasteiger partial charge in [-0.25, -0.2) is 0 Å². The molecule has 0 saturated heterocycles. The Balaban J connectivity index is 4.87. The van der Waals surface area contributed by atoms with Crippen molar-refractivity contribution in [2.24, 2.45) is 0 Å². The van der Waals surface area contributed by atoms with Gasteiger partial charge in [-0.05, 0) is 6.42 Å². The summed E-state index contributed by atoms with van der Waals surface area (Å²) in [6.45, 7) is 1.31. The minimum atomic E-state index is -6.16. The monoisotopic (exact) mass is 227 g/mol. The lowest BCUT2D eigenvalue weighted by molar-refractivity contribution is -0.422. The Morgan fingerprint density at radius 1 is 0.929 bits per heavy atom. The van der Waals surface area contributed by atoms with Gasteiger partial charge in [0, 0.05) is 0 Å². The quantitative estimate of drug-likeness (QED) is 0.671. The maximum Gasteiger partial charge on any atom is 0.458 e. The molecule has 0 amide bonds.